The van der Waals surface area contributed by atoms with Crippen LogP contribution in [0.15, 0.2) is 54.7 Å². The molecule has 1 aromatic carbocycles. The highest BCUT2D eigenvalue weighted by atomic mass is 32.1. The van der Waals surface area contributed by atoms with Crippen LogP contribution in [0.1, 0.15) is 54.6 Å². The summed E-state index contributed by atoms with van der Waals surface area (Å²) in [7, 11) is 1.68. The molecule has 3 heterocycles. The Kier molecular flexibility index (Phi) is 5.52. The van der Waals surface area contributed by atoms with Crippen LogP contribution >= 0.6 is 12.2 Å². The standard InChI is InChI=1S/C24H28N4OS/c1-15(2)27-16(3)13-20(17(27)4)23-22(21-11-6-7-12-25-21)26-24(30)28(23)18-9-8-10-19(14-18)29-5/h6-15,22-23H,1-5H3,(H,26,30). The Labute approximate surface area is 183 Å². The minimum Gasteiger partial charge on any atom is -0.497 e. The molecule has 0 radical (unpaired) electrons. The Morgan fingerprint density at radius 2 is 1.90 bits per heavy atom. The summed E-state index contributed by atoms with van der Waals surface area (Å²) in [5, 5.41) is 4.23. The summed E-state index contributed by atoms with van der Waals surface area (Å²) in [6, 6.07) is 16.7. The van der Waals surface area contributed by atoms with Gasteiger partial charge in [0, 0.05) is 35.4 Å². The van der Waals surface area contributed by atoms with Crippen molar-refractivity contribution in [3.8, 4) is 5.75 Å². The molecular weight excluding hydrogens is 392 g/mol. The lowest BCUT2D eigenvalue weighted by Crippen LogP contribution is -2.29. The maximum Gasteiger partial charge on any atom is 0.174 e. The zero-order valence-electron chi connectivity index (χ0n) is 18.1. The van der Waals surface area contributed by atoms with Crippen LogP contribution in [0.5, 0.6) is 5.75 Å². The number of aryl methyl sites for hydroxylation is 1. The molecule has 156 valence electrons. The predicted octanol–water partition coefficient (Wildman–Crippen LogP) is 5.27. The third-order valence-corrected chi connectivity index (χ3v) is 6.10. The number of hydrogen-bond acceptors (Lipinski definition) is 3. The summed E-state index contributed by atoms with van der Waals surface area (Å²) in [4.78, 5) is 6.84. The predicted molar refractivity (Wildman–Crippen MR) is 125 cm³/mol. The highest BCUT2D eigenvalue weighted by Crippen LogP contribution is 2.44. The molecule has 0 bridgehead atoms. The van der Waals surface area contributed by atoms with E-state index in [2.05, 4.69) is 65.7 Å². The summed E-state index contributed by atoms with van der Waals surface area (Å²) in [5.41, 5.74) is 5.75. The average molecular weight is 421 g/mol. The molecule has 1 N–H and O–H groups in total. The number of thiocarbonyl (C=S) groups is 1. The maximum absolute atomic E-state index is 5.83. The number of nitrogens with zero attached hydrogens (tertiary/aromatic N) is 3. The third kappa shape index (κ3) is 3.45. The van der Waals surface area contributed by atoms with E-state index < -0.39 is 0 Å². The number of aromatic nitrogens is 2. The van der Waals surface area contributed by atoms with Crippen LogP contribution < -0.4 is 15.0 Å². The minimum absolute atomic E-state index is 0.0155. The van der Waals surface area contributed by atoms with Gasteiger partial charge in [0.15, 0.2) is 5.11 Å². The van der Waals surface area contributed by atoms with Crippen LogP contribution in [-0.4, -0.2) is 21.8 Å². The molecule has 1 saturated heterocycles. The topological polar surface area (TPSA) is 42.3 Å². The van der Waals surface area contributed by atoms with Gasteiger partial charge in [0.1, 0.15) is 5.75 Å². The molecule has 2 unspecified atom stereocenters. The van der Waals surface area contributed by atoms with E-state index in [0.717, 1.165) is 17.1 Å². The molecule has 0 aliphatic carbocycles. The lowest BCUT2D eigenvalue weighted by molar-refractivity contribution is 0.415. The van der Waals surface area contributed by atoms with E-state index in [1.807, 2.05) is 36.5 Å². The average Bonchev–Trinajstić information content (AvgIpc) is 3.24. The normalized spacial score (nSPS) is 18.7. The first-order valence-electron chi connectivity index (χ1n) is 10.3. The summed E-state index contributed by atoms with van der Waals surface area (Å²) in [6.07, 6.45) is 1.84. The van der Waals surface area contributed by atoms with Crippen molar-refractivity contribution in [3.05, 3.63) is 77.4 Å². The van der Waals surface area contributed by atoms with Crippen LogP contribution in [0.2, 0.25) is 0 Å². The number of pyridine rings is 1. The Balaban J connectivity index is 1.89. The zero-order valence-corrected chi connectivity index (χ0v) is 18.9. The molecule has 5 nitrogen and oxygen atoms in total. The Hall–Kier alpha value is -2.86. The summed E-state index contributed by atoms with van der Waals surface area (Å²) < 4.78 is 7.86. The summed E-state index contributed by atoms with van der Waals surface area (Å²) in [6.45, 7) is 8.81. The number of rotatable bonds is 5. The van der Waals surface area contributed by atoms with Crippen molar-refractivity contribution in [2.45, 2.75) is 45.8 Å². The van der Waals surface area contributed by atoms with Crippen molar-refractivity contribution < 1.29 is 4.74 Å². The van der Waals surface area contributed by atoms with E-state index in [0.29, 0.717) is 11.2 Å². The molecule has 6 heteroatoms. The van der Waals surface area contributed by atoms with Gasteiger partial charge in [0.25, 0.3) is 0 Å². The number of methoxy groups -OCH3 is 1. The lowest BCUT2D eigenvalue weighted by atomic mass is 9.96. The Morgan fingerprint density at radius 3 is 2.53 bits per heavy atom. The number of benzene rings is 1. The van der Waals surface area contributed by atoms with Crippen molar-refractivity contribution in [1.82, 2.24) is 14.9 Å². The molecule has 2 atom stereocenters. The van der Waals surface area contributed by atoms with Crippen molar-refractivity contribution >= 4 is 23.0 Å². The van der Waals surface area contributed by atoms with Gasteiger partial charge in [0.2, 0.25) is 0 Å². The molecule has 2 aromatic heterocycles. The number of anilines is 1. The van der Waals surface area contributed by atoms with Crippen LogP contribution in [0.25, 0.3) is 0 Å². The number of ether oxygens (including phenoxy) is 1. The molecule has 1 aliphatic heterocycles. The summed E-state index contributed by atoms with van der Waals surface area (Å²) >= 11 is 5.83. The number of hydrogen-bond donors (Lipinski definition) is 1. The van der Waals surface area contributed by atoms with Gasteiger partial charge in [-0.1, -0.05) is 12.1 Å². The van der Waals surface area contributed by atoms with Gasteiger partial charge in [0.05, 0.1) is 24.9 Å². The number of nitrogens with one attached hydrogen (secondary N) is 1. The Morgan fingerprint density at radius 1 is 1.10 bits per heavy atom. The Bertz CT molecular complexity index is 1060. The maximum atomic E-state index is 5.83. The van der Waals surface area contributed by atoms with Crippen LogP contribution in [0.3, 0.4) is 0 Å². The summed E-state index contributed by atoms with van der Waals surface area (Å²) in [5.74, 6) is 0.808. The van der Waals surface area contributed by atoms with E-state index in [4.69, 9.17) is 17.0 Å². The fourth-order valence-corrected chi connectivity index (χ4v) is 4.95. The zero-order chi connectivity index (χ0) is 21.4. The van der Waals surface area contributed by atoms with E-state index in [1.165, 1.54) is 17.0 Å². The quantitative estimate of drug-likeness (QED) is 0.570. The second kappa shape index (κ2) is 8.11. The largest absolute Gasteiger partial charge is 0.497 e. The van der Waals surface area contributed by atoms with Crippen molar-refractivity contribution in [2.24, 2.45) is 0 Å². The smallest absolute Gasteiger partial charge is 0.174 e. The SMILES string of the molecule is COc1cccc(N2C(=S)NC(c3ccccn3)C2c2cc(C)n(C(C)C)c2C)c1. The molecule has 4 rings (SSSR count). The van der Waals surface area contributed by atoms with Crippen molar-refractivity contribution in [2.75, 3.05) is 12.0 Å². The molecule has 0 saturated carbocycles. The molecule has 30 heavy (non-hydrogen) atoms. The van der Waals surface area contributed by atoms with Crippen LogP contribution in [-0.2, 0) is 0 Å². The molecule has 0 amide bonds. The van der Waals surface area contributed by atoms with Gasteiger partial charge < -0.3 is 19.5 Å². The molecule has 0 spiro atoms. The van der Waals surface area contributed by atoms with Gasteiger partial charge in [-0.3, -0.25) is 4.98 Å². The van der Waals surface area contributed by atoms with Crippen molar-refractivity contribution in [3.63, 3.8) is 0 Å². The molecule has 1 aliphatic rings. The highest BCUT2D eigenvalue weighted by Gasteiger charge is 2.42. The van der Waals surface area contributed by atoms with Crippen LogP contribution in [0, 0.1) is 13.8 Å². The first-order chi connectivity index (χ1) is 14.4. The van der Waals surface area contributed by atoms with E-state index in [-0.39, 0.29) is 12.1 Å². The molecule has 3 aromatic rings. The fourth-order valence-electron chi connectivity index (χ4n) is 4.61. The first-order valence-corrected chi connectivity index (χ1v) is 10.7. The first kappa shape index (κ1) is 20.4. The minimum atomic E-state index is -0.0500. The monoisotopic (exact) mass is 420 g/mol. The van der Waals surface area contributed by atoms with Gasteiger partial charge >= 0.3 is 0 Å². The molecular formula is C24H28N4OS. The van der Waals surface area contributed by atoms with Gasteiger partial charge in [-0.25, -0.2) is 0 Å². The lowest BCUT2D eigenvalue weighted by Gasteiger charge is -2.28. The van der Waals surface area contributed by atoms with Gasteiger partial charge in [-0.05, 0) is 75.8 Å². The second-order valence-corrected chi connectivity index (χ2v) is 8.38. The van der Waals surface area contributed by atoms with E-state index >= 15 is 0 Å². The van der Waals surface area contributed by atoms with Crippen molar-refractivity contribution in [1.29, 1.82) is 0 Å². The van der Waals surface area contributed by atoms with Crippen LogP contribution in [0.4, 0.5) is 5.69 Å². The third-order valence-electron chi connectivity index (χ3n) is 5.79. The second-order valence-electron chi connectivity index (χ2n) is 7.99. The van der Waals surface area contributed by atoms with E-state index in [1.54, 1.807) is 7.11 Å². The molecule has 1 fully saturated rings. The fraction of sp³-hybridized carbons (Fsp3) is 0.333. The van der Waals surface area contributed by atoms with E-state index in [9.17, 15) is 0 Å². The van der Waals surface area contributed by atoms with Gasteiger partial charge in [-0.2, -0.15) is 0 Å². The highest BCUT2D eigenvalue weighted by molar-refractivity contribution is 7.80. The van der Waals surface area contributed by atoms with Gasteiger partial charge in [-0.15, -0.1) is 0 Å².